The molecule has 164 valence electrons. The highest BCUT2D eigenvalue weighted by molar-refractivity contribution is 5.93. The number of hydrogen-bond acceptors (Lipinski definition) is 4. The summed E-state index contributed by atoms with van der Waals surface area (Å²) in [7, 11) is 0. The monoisotopic (exact) mass is 440 g/mol. The molecule has 2 aromatic carbocycles. The highest BCUT2D eigenvalue weighted by Gasteiger charge is 2.30. The molecule has 0 bridgehead atoms. The molecule has 4 rings (SSSR count). The fourth-order valence-corrected chi connectivity index (χ4v) is 3.26. The van der Waals surface area contributed by atoms with Gasteiger partial charge in [-0.15, -0.1) is 0 Å². The lowest BCUT2D eigenvalue weighted by molar-refractivity contribution is -0.137. The van der Waals surface area contributed by atoms with Crippen LogP contribution in [0, 0.1) is 6.92 Å². The van der Waals surface area contributed by atoms with E-state index in [9.17, 15) is 18.0 Å². The molecule has 2 heterocycles. The van der Waals surface area contributed by atoms with Crippen LogP contribution in [-0.2, 0) is 19.3 Å². The van der Waals surface area contributed by atoms with Crippen molar-refractivity contribution in [1.82, 2.24) is 20.3 Å². The van der Waals surface area contributed by atoms with Gasteiger partial charge in [-0.05, 0) is 36.2 Å². The average molecular weight is 440 g/mol. The largest absolute Gasteiger partial charge is 0.416 e. The average Bonchev–Trinajstić information content (AvgIpc) is 3.38. The summed E-state index contributed by atoms with van der Waals surface area (Å²) in [5.74, 6) is 0.0887. The van der Waals surface area contributed by atoms with Gasteiger partial charge < -0.3 is 9.84 Å². The molecule has 32 heavy (non-hydrogen) atoms. The summed E-state index contributed by atoms with van der Waals surface area (Å²) in [4.78, 5) is 12.7. The van der Waals surface area contributed by atoms with E-state index in [-0.39, 0.29) is 18.8 Å². The Balaban J connectivity index is 1.56. The van der Waals surface area contributed by atoms with Crippen LogP contribution in [0.3, 0.4) is 0 Å². The maximum Gasteiger partial charge on any atom is 0.416 e. The minimum absolute atomic E-state index is 0.0580. The zero-order valence-electron chi connectivity index (χ0n) is 17.1. The topological polar surface area (TPSA) is 73.0 Å². The fraction of sp³-hybridized carbons (Fsp3) is 0.174. The van der Waals surface area contributed by atoms with E-state index in [1.165, 1.54) is 12.1 Å². The molecule has 0 unspecified atom stereocenters. The van der Waals surface area contributed by atoms with E-state index in [1.807, 2.05) is 30.3 Å². The first-order chi connectivity index (χ1) is 15.3. The zero-order valence-corrected chi connectivity index (χ0v) is 17.1. The lowest BCUT2D eigenvalue weighted by Crippen LogP contribution is -2.23. The van der Waals surface area contributed by atoms with Crippen molar-refractivity contribution < 1.29 is 22.5 Å². The Hall–Kier alpha value is -3.88. The van der Waals surface area contributed by atoms with Gasteiger partial charge in [0, 0.05) is 12.6 Å². The lowest BCUT2D eigenvalue weighted by Gasteiger charge is -2.09. The van der Waals surface area contributed by atoms with Gasteiger partial charge in [-0.2, -0.15) is 18.3 Å². The number of halogens is 3. The second-order valence-electron chi connectivity index (χ2n) is 7.25. The van der Waals surface area contributed by atoms with E-state index in [0.29, 0.717) is 17.0 Å². The number of aromatic nitrogens is 3. The normalized spacial score (nSPS) is 11.5. The van der Waals surface area contributed by atoms with Gasteiger partial charge in [-0.3, -0.25) is 9.48 Å². The number of benzene rings is 2. The van der Waals surface area contributed by atoms with Crippen molar-refractivity contribution in [3.8, 4) is 11.3 Å². The fourth-order valence-electron chi connectivity index (χ4n) is 3.26. The molecule has 0 spiro atoms. The number of aryl methyl sites for hydroxylation is 1. The van der Waals surface area contributed by atoms with Gasteiger partial charge in [0.15, 0.2) is 11.5 Å². The van der Waals surface area contributed by atoms with Crippen LogP contribution in [0.1, 0.15) is 33.1 Å². The molecule has 0 saturated heterocycles. The van der Waals surface area contributed by atoms with E-state index < -0.39 is 17.6 Å². The maximum atomic E-state index is 12.9. The molecule has 0 aliphatic heterocycles. The number of nitrogens with zero attached hydrogens (tertiary/aromatic N) is 3. The van der Waals surface area contributed by atoms with E-state index in [2.05, 4.69) is 15.6 Å². The molecule has 0 radical (unpaired) electrons. The van der Waals surface area contributed by atoms with Crippen LogP contribution in [0.15, 0.2) is 71.3 Å². The summed E-state index contributed by atoms with van der Waals surface area (Å²) in [5.41, 5.74) is 2.01. The summed E-state index contributed by atoms with van der Waals surface area (Å²) in [6, 6.07) is 17.7. The molecule has 2 aromatic heterocycles. The molecule has 1 N–H and O–H groups in total. The van der Waals surface area contributed by atoms with Crippen molar-refractivity contribution in [3.05, 3.63) is 95.0 Å². The smallest absolute Gasteiger partial charge is 0.359 e. The van der Waals surface area contributed by atoms with Crippen LogP contribution < -0.4 is 5.32 Å². The van der Waals surface area contributed by atoms with Crippen LogP contribution in [0.2, 0.25) is 0 Å². The molecular formula is C23H19F3N4O2. The van der Waals surface area contributed by atoms with Gasteiger partial charge in [0.1, 0.15) is 6.54 Å². The first-order valence-electron chi connectivity index (χ1n) is 9.79. The molecule has 0 atom stereocenters. The summed E-state index contributed by atoms with van der Waals surface area (Å²) in [5, 5.41) is 10.9. The van der Waals surface area contributed by atoms with Gasteiger partial charge in [0.25, 0.3) is 5.91 Å². The maximum absolute atomic E-state index is 12.9. The Kier molecular flexibility index (Phi) is 5.81. The van der Waals surface area contributed by atoms with E-state index in [0.717, 1.165) is 23.4 Å². The van der Waals surface area contributed by atoms with Crippen LogP contribution >= 0.6 is 0 Å². The third-order valence-electron chi connectivity index (χ3n) is 4.77. The number of carbonyl (C=O) groups excluding carboxylic acids is 1. The Morgan fingerprint density at radius 2 is 1.84 bits per heavy atom. The molecule has 6 nitrogen and oxygen atoms in total. The molecule has 9 heteroatoms. The van der Waals surface area contributed by atoms with E-state index in [4.69, 9.17) is 4.52 Å². The van der Waals surface area contributed by atoms with Crippen molar-refractivity contribution in [2.24, 2.45) is 0 Å². The summed E-state index contributed by atoms with van der Waals surface area (Å²) < 4.78 is 45.6. The first-order valence-corrected chi connectivity index (χ1v) is 9.79. The third kappa shape index (κ3) is 4.88. The molecule has 0 saturated carbocycles. The Morgan fingerprint density at radius 3 is 2.53 bits per heavy atom. The predicted molar refractivity (Wildman–Crippen MR) is 111 cm³/mol. The van der Waals surface area contributed by atoms with Crippen molar-refractivity contribution in [3.63, 3.8) is 0 Å². The molecule has 4 aromatic rings. The second kappa shape index (κ2) is 8.70. The Labute approximate surface area is 181 Å². The van der Waals surface area contributed by atoms with Crippen molar-refractivity contribution in [2.45, 2.75) is 26.2 Å². The third-order valence-corrected chi connectivity index (χ3v) is 4.77. The Bertz CT molecular complexity index is 1230. The van der Waals surface area contributed by atoms with Crippen molar-refractivity contribution >= 4 is 5.91 Å². The zero-order chi connectivity index (χ0) is 22.7. The number of alkyl halides is 3. The van der Waals surface area contributed by atoms with Crippen LogP contribution in [0.4, 0.5) is 13.2 Å². The van der Waals surface area contributed by atoms with Gasteiger partial charge >= 0.3 is 6.18 Å². The second-order valence-corrected chi connectivity index (χ2v) is 7.25. The highest BCUT2D eigenvalue weighted by Crippen LogP contribution is 2.29. The van der Waals surface area contributed by atoms with Crippen molar-refractivity contribution in [2.75, 3.05) is 0 Å². The van der Waals surface area contributed by atoms with Gasteiger partial charge in [0.05, 0.1) is 17.0 Å². The SMILES string of the molecule is Cc1cc(Cn2nc(C(=O)NCc3cccc(C(F)(F)F)c3)cc2-c2ccccc2)on1. The molecule has 0 aliphatic carbocycles. The summed E-state index contributed by atoms with van der Waals surface area (Å²) >= 11 is 0. The van der Waals surface area contributed by atoms with Gasteiger partial charge in [0.2, 0.25) is 0 Å². The number of carbonyl (C=O) groups is 1. The lowest BCUT2D eigenvalue weighted by atomic mass is 10.1. The van der Waals surface area contributed by atoms with Crippen LogP contribution in [-0.4, -0.2) is 20.8 Å². The van der Waals surface area contributed by atoms with Gasteiger partial charge in [-0.25, -0.2) is 0 Å². The predicted octanol–water partition coefficient (Wildman–Crippen LogP) is 4.84. The molecule has 0 fully saturated rings. The van der Waals surface area contributed by atoms with E-state index in [1.54, 1.807) is 23.7 Å². The number of hydrogen-bond donors (Lipinski definition) is 1. The number of nitrogens with one attached hydrogen (secondary N) is 1. The minimum atomic E-state index is -4.44. The molecule has 1 amide bonds. The van der Waals surface area contributed by atoms with E-state index >= 15 is 0 Å². The van der Waals surface area contributed by atoms with Crippen molar-refractivity contribution in [1.29, 1.82) is 0 Å². The molecular weight excluding hydrogens is 421 g/mol. The quantitative estimate of drug-likeness (QED) is 0.466. The minimum Gasteiger partial charge on any atom is -0.359 e. The van der Waals surface area contributed by atoms with Crippen LogP contribution in [0.5, 0.6) is 0 Å². The first kappa shape index (κ1) is 21.4. The number of rotatable bonds is 6. The Morgan fingerprint density at radius 1 is 1.06 bits per heavy atom. The summed E-state index contributed by atoms with van der Waals surface area (Å²) in [6.45, 7) is 2.02. The van der Waals surface area contributed by atoms with Gasteiger partial charge in [-0.1, -0.05) is 47.6 Å². The number of amides is 1. The highest BCUT2D eigenvalue weighted by atomic mass is 19.4. The van der Waals surface area contributed by atoms with Crippen LogP contribution in [0.25, 0.3) is 11.3 Å². The standard InChI is InChI=1S/C23H19F3N4O2/c1-15-10-19(32-29-15)14-30-21(17-7-3-2-4-8-17)12-20(28-30)22(31)27-13-16-6-5-9-18(11-16)23(24,25)26/h2-12H,13-14H2,1H3,(H,27,31). The summed E-state index contributed by atoms with van der Waals surface area (Å²) in [6.07, 6.45) is -4.44. The molecule has 0 aliphatic rings.